The number of aryl methyl sites for hydroxylation is 1. The number of rotatable bonds is 5. The van der Waals surface area contributed by atoms with Gasteiger partial charge in [0.25, 0.3) is 0 Å². The molecule has 0 fully saturated rings. The summed E-state index contributed by atoms with van der Waals surface area (Å²) in [5.74, 6) is -0.895. The van der Waals surface area contributed by atoms with Gasteiger partial charge in [-0.1, -0.05) is 36.4 Å². The zero-order valence-electron chi connectivity index (χ0n) is 12.5. The van der Waals surface area contributed by atoms with Gasteiger partial charge in [0.1, 0.15) is 0 Å². The third-order valence-electron chi connectivity index (χ3n) is 3.38. The first kappa shape index (κ1) is 14.9. The largest absolute Gasteiger partial charge is 0.479 e. The smallest absolute Gasteiger partial charge is 0.330 e. The first-order chi connectivity index (χ1) is 9.99. The zero-order chi connectivity index (χ0) is 15.4. The van der Waals surface area contributed by atoms with Crippen LogP contribution < -0.4 is 10.2 Å². The summed E-state index contributed by atoms with van der Waals surface area (Å²) in [6.45, 7) is 2.03. The minimum absolute atomic E-state index is 0.733. The molecule has 110 valence electrons. The van der Waals surface area contributed by atoms with E-state index in [1.807, 2.05) is 74.4 Å². The summed E-state index contributed by atoms with van der Waals surface area (Å²) in [6.07, 6.45) is 0. The molecule has 2 aromatic carbocycles. The lowest BCUT2D eigenvalue weighted by molar-refractivity contribution is -0.138. The van der Waals surface area contributed by atoms with E-state index in [9.17, 15) is 9.90 Å². The van der Waals surface area contributed by atoms with E-state index in [1.165, 1.54) is 0 Å². The maximum absolute atomic E-state index is 11.5. The van der Waals surface area contributed by atoms with Gasteiger partial charge in [-0.25, -0.2) is 4.79 Å². The van der Waals surface area contributed by atoms with Crippen LogP contribution in [0.5, 0.6) is 0 Å². The standard InChI is InChI=1S/C17H20N2O2/c1-12-9-10-14(11-15(12)19(2)3)18-16(17(20)21)13-7-5-4-6-8-13/h4-11,16,18H,1-3H3,(H,20,21). The molecular weight excluding hydrogens is 264 g/mol. The van der Waals surface area contributed by atoms with Gasteiger partial charge in [0.2, 0.25) is 0 Å². The summed E-state index contributed by atoms with van der Waals surface area (Å²) in [6, 6.07) is 14.3. The Kier molecular flexibility index (Phi) is 4.48. The molecule has 0 aliphatic heterocycles. The molecule has 0 aromatic heterocycles. The molecule has 0 heterocycles. The van der Waals surface area contributed by atoms with Crippen LogP contribution >= 0.6 is 0 Å². The molecule has 2 N–H and O–H groups in total. The van der Waals surface area contributed by atoms with E-state index in [2.05, 4.69) is 5.32 Å². The predicted molar refractivity (Wildman–Crippen MR) is 85.9 cm³/mol. The summed E-state index contributed by atoms with van der Waals surface area (Å²) in [4.78, 5) is 13.5. The third kappa shape index (κ3) is 3.54. The van der Waals surface area contributed by atoms with Gasteiger partial charge < -0.3 is 15.3 Å². The second-order valence-electron chi connectivity index (χ2n) is 5.22. The van der Waals surface area contributed by atoms with Crippen molar-refractivity contribution in [3.63, 3.8) is 0 Å². The molecule has 0 aliphatic rings. The molecule has 0 spiro atoms. The van der Waals surface area contributed by atoms with Crippen molar-refractivity contribution in [3.8, 4) is 0 Å². The maximum Gasteiger partial charge on any atom is 0.330 e. The summed E-state index contributed by atoms with van der Waals surface area (Å²) < 4.78 is 0. The van der Waals surface area contributed by atoms with Crippen molar-refractivity contribution in [2.24, 2.45) is 0 Å². The van der Waals surface area contributed by atoms with Gasteiger partial charge in [-0.2, -0.15) is 0 Å². The predicted octanol–water partition coefficient (Wildman–Crippen LogP) is 3.30. The number of anilines is 2. The Labute approximate surface area is 125 Å². The zero-order valence-corrected chi connectivity index (χ0v) is 12.5. The second kappa shape index (κ2) is 6.31. The molecule has 1 atom stereocenters. The first-order valence-electron chi connectivity index (χ1n) is 6.81. The highest BCUT2D eigenvalue weighted by Crippen LogP contribution is 2.26. The lowest BCUT2D eigenvalue weighted by Gasteiger charge is -2.20. The van der Waals surface area contributed by atoms with Crippen LogP contribution in [-0.2, 0) is 4.79 Å². The number of hydrogen-bond acceptors (Lipinski definition) is 3. The number of aliphatic carboxylic acids is 1. The molecule has 0 saturated carbocycles. The molecule has 0 radical (unpaired) electrons. The number of benzene rings is 2. The van der Waals surface area contributed by atoms with Gasteiger partial charge >= 0.3 is 5.97 Å². The van der Waals surface area contributed by atoms with Crippen LogP contribution in [0.1, 0.15) is 17.2 Å². The van der Waals surface area contributed by atoms with Crippen molar-refractivity contribution in [1.82, 2.24) is 0 Å². The fourth-order valence-corrected chi connectivity index (χ4v) is 2.28. The second-order valence-corrected chi connectivity index (χ2v) is 5.22. The highest BCUT2D eigenvalue weighted by atomic mass is 16.4. The lowest BCUT2D eigenvalue weighted by atomic mass is 10.1. The van der Waals surface area contributed by atoms with Crippen LogP contribution in [-0.4, -0.2) is 25.2 Å². The van der Waals surface area contributed by atoms with E-state index in [1.54, 1.807) is 0 Å². The Balaban J connectivity index is 2.30. The van der Waals surface area contributed by atoms with Crippen LogP contribution in [0.4, 0.5) is 11.4 Å². The van der Waals surface area contributed by atoms with Crippen LogP contribution in [0.2, 0.25) is 0 Å². The van der Waals surface area contributed by atoms with Crippen molar-refractivity contribution >= 4 is 17.3 Å². The van der Waals surface area contributed by atoms with E-state index < -0.39 is 12.0 Å². The minimum atomic E-state index is -0.895. The van der Waals surface area contributed by atoms with E-state index in [0.29, 0.717) is 0 Å². The molecule has 0 saturated heterocycles. The van der Waals surface area contributed by atoms with Crippen LogP contribution in [0.25, 0.3) is 0 Å². The van der Waals surface area contributed by atoms with E-state index in [0.717, 1.165) is 22.5 Å². The highest BCUT2D eigenvalue weighted by Gasteiger charge is 2.19. The average Bonchev–Trinajstić information content (AvgIpc) is 2.46. The van der Waals surface area contributed by atoms with Gasteiger partial charge in [0.05, 0.1) is 0 Å². The molecule has 21 heavy (non-hydrogen) atoms. The Morgan fingerprint density at radius 2 is 1.81 bits per heavy atom. The van der Waals surface area contributed by atoms with E-state index in [4.69, 9.17) is 0 Å². The van der Waals surface area contributed by atoms with Gasteiger partial charge in [-0.15, -0.1) is 0 Å². The molecule has 0 amide bonds. The fourth-order valence-electron chi connectivity index (χ4n) is 2.28. The Morgan fingerprint density at radius 3 is 2.38 bits per heavy atom. The number of hydrogen-bond donors (Lipinski definition) is 2. The number of nitrogens with one attached hydrogen (secondary N) is 1. The normalized spacial score (nSPS) is 11.8. The monoisotopic (exact) mass is 284 g/mol. The Bertz CT molecular complexity index is 624. The summed E-state index contributed by atoms with van der Waals surface area (Å²) >= 11 is 0. The van der Waals surface area contributed by atoms with E-state index >= 15 is 0 Å². The molecule has 4 nitrogen and oxygen atoms in total. The van der Waals surface area contributed by atoms with Gasteiger partial charge in [-0.05, 0) is 30.2 Å². The molecule has 0 aliphatic carbocycles. The lowest BCUT2D eigenvalue weighted by Crippen LogP contribution is -2.20. The summed E-state index contributed by atoms with van der Waals surface area (Å²) in [7, 11) is 3.94. The maximum atomic E-state index is 11.5. The highest BCUT2D eigenvalue weighted by molar-refractivity contribution is 5.79. The van der Waals surface area contributed by atoms with Gasteiger partial charge in [0.15, 0.2) is 6.04 Å². The number of carboxylic acids is 1. The average molecular weight is 284 g/mol. The fraction of sp³-hybridized carbons (Fsp3) is 0.235. The summed E-state index contributed by atoms with van der Waals surface area (Å²) in [5, 5.41) is 12.5. The third-order valence-corrected chi connectivity index (χ3v) is 3.38. The Morgan fingerprint density at radius 1 is 1.14 bits per heavy atom. The Hall–Kier alpha value is -2.49. The van der Waals surface area contributed by atoms with Crippen molar-refractivity contribution in [1.29, 1.82) is 0 Å². The topological polar surface area (TPSA) is 52.6 Å². The molecule has 2 rings (SSSR count). The van der Waals surface area contributed by atoms with Crippen LogP contribution in [0, 0.1) is 6.92 Å². The molecule has 4 heteroatoms. The van der Waals surface area contributed by atoms with E-state index in [-0.39, 0.29) is 0 Å². The minimum Gasteiger partial charge on any atom is -0.479 e. The van der Waals surface area contributed by atoms with Crippen molar-refractivity contribution in [3.05, 3.63) is 59.7 Å². The number of nitrogens with zero attached hydrogens (tertiary/aromatic N) is 1. The van der Waals surface area contributed by atoms with Gasteiger partial charge in [-0.3, -0.25) is 0 Å². The van der Waals surface area contributed by atoms with Crippen molar-refractivity contribution in [2.75, 3.05) is 24.3 Å². The van der Waals surface area contributed by atoms with Crippen LogP contribution in [0.15, 0.2) is 48.5 Å². The summed E-state index contributed by atoms with van der Waals surface area (Å²) in [5.41, 5.74) is 3.74. The van der Waals surface area contributed by atoms with Gasteiger partial charge in [0, 0.05) is 25.5 Å². The molecule has 2 aromatic rings. The van der Waals surface area contributed by atoms with Crippen molar-refractivity contribution in [2.45, 2.75) is 13.0 Å². The molecular formula is C17H20N2O2. The van der Waals surface area contributed by atoms with Crippen LogP contribution in [0.3, 0.4) is 0 Å². The SMILES string of the molecule is Cc1ccc(NC(C(=O)O)c2ccccc2)cc1N(C)C. The molecule has 1 unspecified atom stereocenters. The quantitative estimate of drug-likeness (QED) is 0.884. The number of carbonyl (C=O) groups is 1. The number of carboxylic acid groups (broad SMARTS) is 1. The first-order valence-corrected chi connectivity index (χ1v) is 6.81. The van der Waals surface area contributed by atoms with Crippen molar-refractivity contribution < 1.29 is 9.90 Å². The molecule has 0 bridgehead atoms.